The lowest BCUT2D eigenvalue weighted by molar-refractivity contribution is -0.139. The number of carboxylic acids is 1. The Bertz CT molecular complexity index is 247. The predicted octanol–water partition coefficient (Wildman–Crippen LogP) is -0.368. The van der Waals surface area contributed by atoms with Crippen LogP contribution in [0.4, 0.5) is 0 Å². The van der Waals surface area contributed by atoms with Gasteiger partial charge in [0.1, 0.15) is 6.04 Å². The van der Waals surface area contributed by atoms with Gasteiger partial charge in [0.15, 0.2) is 5.82 Å². The lowest BCUT2D eigenvalue weighted by Gasteiger charge is -2.05. The van der Waals surface area contributed by atoms with Gasteiger partial charge in [-0.05, 0) is 6.92 Å². The van der Waals surface area contributed by atoms with Crippen molar-refractivity contribution in [3.05, 3.63) is 12.2 Å². The van der Waals surface area contributed by atoms with Gasteiger partial charge in [-0.1, -0.05) is 5.16 Å². The van der Waals surface area contributed by atoms with Crippen LogP contribution in [0.5, 0.6) is 0 Å². The van der Waals surface area contributed by atoms with Crippen LogP contribution in [-0.4, -0.2) is 27.3 Å². The summed E-state index contributed by atoms with van der Waals surface area (Å²) in [6.07, 6.45) is 1.20. The average Bonchev–Trinajstić information content (AvgIpc) is 2.51. The molecule has 1 aromatic heterocycles. The zero-order valence-corrected chi connectivity index (χ0v) is 6.52. The van der Waals surface area contributed by atoms with Gasteiger partial charge in [0.25, 0.3) is 0 Å². The van der Waals surface area contributed by atoms with Crippen LogP contribution in [0, 0.1) is 0 Å². The zero-order chi connectivity index (χ0) is 8.97. The number of carboxylic acid groups (broad SMARTS) is 1. The van der Waals surface area contributed by atoms with Crippen molar-refractivity contribution in [2.45, 2.75) is 19.5 Å². The van der Waals surface area contributed by atoms with Crippen LogP contribution in [-0.2, 0) is 11.3 Å². The molecule has 0 unspecified atom stereocenters. The van der Waals surface area contributed by atoms with Gasteiger partial charge in [0.05, 0.1) is 6.54 Å². The second kappa shape index (κ2) is 3.82. The fourth-order valence-electron chi connectivity index (χ4n) is 0.602. The number of carbonyl (C=O) groups is 1. The van der Waals surface area contributed by atoms with Crippen LogP contribution in [0.2, 0.25) is 0 Å². The number of hydrogen-bond donors (Lipinski definition) is 2. The van der Waals surface area contributed by atoms with E-state index >= 15 is 0 Å². The Morgan fingerprint density at radius 2 is 2.67 bits per heavy atom. The Balaban J connectivity index is 2.31. The molecule has 6 nitrogen and oxygen atoms in total. The second-order valence-corrected chi connectivity index (χ2v) is 2.29. The molecule has 66 valence electrons. The van der Waals surface area contributed by atoms with Gasteiger partial charge in [-0.2, -0.15) is 4.98 Å². The van der Waals surface area contributed by atoms with E-state index in [9.17, 15) is 4.79 Å². The molecule has 1 rings (SSSR count). The highest BCUT2D eigenvalue weighted by molar-refractivity contribution is 5.72. The molecule has 0 saturated carbocycles. The van der Waals surface area contributed by atoms with Gasteiger partial charge in [0.2, 0.25) is 6.39 Å². The molecule has 1 heterocycles. The molecule has 0 aromatic carbocycles. The predicted molar refractivity (Wildman–Crippen MR) is 38.2 cm³/mol. The molecule has 1 aromatic rings. The van der Waals surface area contributed by atoms with E-state index in [-0.39, 0.29) is 0 Å². The lowest BCUT2D eigenvalue weighted by Crippen LogP contribution is -2.33. The molecule has 0 fully saturated rings. The van der Waals surface area contributed by atoms with Gasteiger partial charge >= 0.3 is 5.97 Å². The maximum atomic E-state index is 10.3. The molecule has 0 aliphatic carbocycles. The van der Waals surface area contributed by atoms with Gasteiger partial charge < -0.3 is 9.63 Å². The Morgan fingerprint density at radius 1 is 1.92 bits per heavy atom. The molecule has 0 spiro atoms. The minimum atomic E-state index is -0.904. The third kappa shape index (κ3) is 2.31. The topological polar surface area (TPSA) is 88.3 Å². The van der Waals surface area contributed by atoms with Crippen molar-refractivity contribution in [1.29, 1.82) is 0 Å². The van der Waals surface area contributed by atoms with Crippen molar-refractivity contribution in [1.82, 2.24) is 15.5 Å². The van der Waals surface area contributed by atoms with Crippen molar-refractivity contribution in [3.63, 3.8) is 0 Å². The van der Waals surface area contributed by atoms with E-state index in [0.29, 0.717) is 12.4 Å². The Kier molecular flexibility index (Phi) is 2.76. The summed E-state index contributed by atoms with van der Waals surface area (Å²) in [5, 5.41) is 14.7. The minimum Gasteiger partial charge on any atom is -0.480 e. The van der Waals surface area contributed by atoms with E-state index in [1.54, 1.807) is 6.92 Å². The first kappa shape index (κ1) is 8.66. The molecule has 2 N–H and O–H groups in total. The number of nitrogens with zero attached hydrogens (tertiary/aromatic N) is 2. The second-order valence-electron chi connectivity index (χ2n) is 2.29. The van der Waals surface area contributed by atoms with Gasteiger partial charge in [-0.15, -0.1) is 0 Å². The summed E-state index contributed by atoms with van der Waals surface area (Å²) in [6.45, 7) is 1.84. The van der Waals surface area contributed by atoms with E-state index in [4.69, 9.17) is 5.11 Å². The number of aliphatic carboxylic acids is 1. The zero-order valence-electron chi connectivity index (χ0n) is 6.52. The van der Waals surface area contributed by atoms with Gasteiger partial charge in [-0.25, -0.2) is 0 Å². The quantitative estimate of drug-likeness (QED) is 0.642. The first-order valence-electron chi connectivity index (χ1n) is 3.41. The van der Waals surface area contributed by atoms with Crippen LogP contribution in [0.15, 0.2) is 10.9 Å². The van der Waals surface area contributed by atoms with Crippen molar-refractivity contribution in [3.8, 4) is 0 Å². The monoisotopic (exact) mass is 171 g/mol. The number of nitrogens with one attached hydrogen (secondary N) is 1. The number of rotatable bonds is 4. The van der Waals surface area contributed by atoms with Crippen LogP contribution >= 0.6 is 0 Å². The van der Waals surface area contributed by atoms with Crippen LogP contribution in [0.25, 0.3) is 0 Å². The fourth-order valence-corrected chi connectivity index (χ4v) is 0.602. The molecule has 12 heavy (non-hydrogen) atoms. The van der Waals surface area contributed by atoms with E-state index < -0.39 is 12.0 Å². The summed E-state index contributed by atoms with van der Waals surface area (Å²) in [6, 6.07) is -0.608. The van der Waals surface area contributed by atoms with Crippen LogP contribution < -0.4 is 5.32 Å². The van der Waals surface area contributed by atoms with Crippen molar-refractivity contribution in [2.75, 3.05) is 0 Å². The summed E-state index contributed by atoms with van der Waals surface area (Å²) in [5.74, 6) is -0.457. The molecule has 0 saturated heterocycles. The highest BCUT2D eigenvalue weighted by Crippen LogP contribution is 1.89. The SMILES string of the molecule is C[C@@H](NCc1ncon1)C(=O)O. The summed E-state index contributed by atoms with van der Waals surface area (Å²) in [5.41, 5.74) is 0. The molecule has 1 atom stereocenters. The number of hydrogen-bond acceptors (Lipinski definition) is 5. The van der Waals surface area contributed by atoms with Crippen molar-refractivity contribution in [2.24, 2.45) is 0 Å². The average molecular weight is 171 g/mol. The highest BCUT2D eigenvalue weighted by Gasteiger charge is 2.10. The smallest absolute Gasteiger partial charge is 0.320 e. The summed E-state index contributed by atoms with van der Waals surface area (Å²) >= 11 is 0. The largest absolute Gasteiger partial charge is 0.480 e. The van der Waals surface area contributed by atoms with Gasteiger partial charge in [-0.3, -0.25) is 10.1 Å². The summed E-state index contributed by atoms with van der Waals surface area (Å²) < 4.78 is 4.46. The maximum absolute atomic E-state index is 10.3. The van der Waals surface area contributed by atoms with E-state index in [1.165, 1.54) is 6.39 Å². The molecule has 6 heteroatoms. The van der Waals surface area contributed by atoms with E-state index in [2.05, 4.69) is 20.0 Å². The molecule has 0 aliphatic rings. The lowest BCUT2D eigenvalue weighted by atomic mass is 10.3. The first-order chi connectivity index (χ1) is 5.70. The van der Waals surface area contributed by atoms with E-state index in [1.807, 2.05) is 0 Å². The molecule has 0 aliphatic heterocycles. The summed E-state index contributed by atoms with van der Waals surface area (Å²) in [4.78, 5) is 14.0. The molecule has 0 radical (unpaired) electrons. The molecular formula is C6H9N3O3. The third-order valence-electron chi connectivity index (χ3n) is 1.34. The highest BCUT2D eigenvalue weighted by atomic mass is 16.5. The van der Waals surface area contributed by atoms with E-state index in [0.717, 1.165) is 0 Å². The molecule has 0 amide bonds. The first-order valence-corrected chi connectivity index (χ1v) is 3.41. The van der Waals surface area contributed by atoms with Gasteiger partial charge in [0, 0.05) is 0 Å². The Hall–Kier alpha value is -1.43. The van der Waals surface area contributed by atoms with Crippen molar-refractivity contribution < 1.29 is 14.4 Å². The third-order valence-corrected chi connectivity index (χ3v) is 1.34. The number of aromatic nitrogens is 2. The maximum Gasteiger partial charge on any atom is 0.320 e. The van der Waals surface area contributed by atoms with Crippen LogP contribution in [0.1, 0.15) is 12.7 Å². The normalized spacial score (nSPS) is 12.8. The Morgan fingerprint density at radius 3 is 3.17 bits per heavy atom. The Labute approximate surface area is 68.6 Å². The fraction of sp³-hybridized carbons (Fsp3) is 0.500. The van der Waals surface area contributed by atoms with Crippen molar-refractivity contribution >= 4 is 5.97 Å². The standard InChI is InChI=1S/C6H9N3O3/c1-4(6(10)11)7-2-5-8-3-12-9-5/h3-4,7H,2H2,1H3,(H,10,11)/t4-/m1/s1. The minimum absolute atomic E-state index is 0.296. The van der Waals surface area contributed by atoms with Crippen LogP contribution in [0.3, 0.4) is 0 Å². The molecular weight excluding hydrogens is 162 g/mol. The molecule has 0 bridgehead atoms. The summed E-state index contributed by atoms with van der Waals surface area (Å²) in [7, 11) is 0.